The number of anilines is 1. The van der Waals surface area contributed by atoms with Crippen LogP contribution in [0.25, 0.3) is 11.2 Å². The van der Waals surface area contributed by atoms with Crippen LogP contribution in [0.3, 0.4) is 0 Å². The van der Waals surface area contributed by atoms with Crippen molar-refractivity contribution in [3.63, 3.8) is 0 Å². The van der Waals surface area contributed by atoms with E-state index in [-0.39, 0.29) is 6.61 Å². The second-order valence-electron chi connectivity index (χ2n) is 4.59. The van der Waals surface area contributed by atoms with Crippen LogP contribution in [0.15, 0.2) is 6.33 Å². The van der Waals surface area contributed by atoms with Crippen LogP contribution in [0.1, 0.15) is 18.5 Å². The van der Waals surface area contributed by atoms with Crippen molar-refractivity contribution in [1.82, 2.24) is 19.5 Å². The van der Waals surface area contributed by atoms with Gasteiger partial charge in [-0.2, -0.15) is 0 Å². The Kier molecular flexibility index (Phi) is 2.85. The van der Waals surface area contributed by atoms with E-state index < -0.39 is 18.4 Å². The number of rotatable bonds is 2. The number of aliphatic hydroxyl groups excluding tert-OH is 2. The topological polar surface area (TPSA) is 119 Å². The first kappa shape index (κ1) is 12.3. The van der Waals surface area contributed by atoms with Crippen molar-refractivity contribution < 1.29 is 14.9 Å². The molecule has 8 heteroatoms. The van der Waals surface area contributed by atoms with Gasteiger partial charge in [0.25, 0.3) is 0 Å². The van der Waals surface area contributed by atoms with Crippen LogP contribution in [0.2, 0.25) is 0 Å². The van der Waals surface area contributed by atoms with E-state index in [1.165, 1.54) is 0 Å². The van der Waals surface area contributed by atoms with Gasteiger partial charge in [0.15, 0.2) is 11.5 Å². The summed E-state index contributed by atoms with van der Waals surface area (Å²) in [5.41, 5.74) is 6.87. The normalized spacial score (nSPS) is 27.2. The third-order valence-corrected chi connectivity index (χ3v) is 3.25. The maximum absolute atomic E-state index is 9.76. The lowest BCUT2D eigenvalue weighted by atomic mass is 10.2. The number of ether oxygens (including phenoxy) is 1. The number of hydrogen-bond donors (Lipinski definition) is 3. The van der Waals surface area contributed by atoms with Crippen LogP contribution in [0.5, 0.6) is 0 Å². The molecule has 4 N–H and O–H groups in total. The lowest BCUT2D eigenvalue weighted by molar-refractivity contribution is -0.0432. The average Bonchev–Trinajstić information content (AvgIpc) is 2.92. The molecule has 8 nitrogen and oxygen atoms in total. The predicted molar refractivity (Wildman–Crippen MR) is 66.1 cm³/mol. The zero-order chi connectivity index (χ0) is 13.6. The number of aryl methyl sites for hydroxylation is 1. The minimum atomic E-state index is -0.701. The summed E-state index contributed by atoms with van der Waals surface area (Å²) < 4.78 is 7.28. The van der Waals surface area contributed by atoms with Crippen molar-refractivity contribution in [1.29, 1.82) is 0 Å². The third kappa shape index (κ3) is 1.93. The van der Waals surface area contributed by atoms with Gasteiger partial charge in [-0.15, -0.1) is 0 Å². The quantitative estimate of drug-likeness (QED) is 0.660. The van der Waals surface area contributed by atoms with Crippen molar-refractivity contribution in [2.45, 2.75) is 31.8 Å². The van der Waals surface area contributed by atoms with Crippen LogP contribution in [0, 0.1) is 6.92 Å². The molecule has 0 amide bonds. The maximum Gasteiger partial charge on any atom is 0.167 e. The van der Waals surface area contributed by atoms with Crippen LogP contribution >= 0.6 is 0 Å². The first-order valence-electron chi connectivity index (χ1n) is 6.01. The molecule has 0 saturated carbocycles. The standard InChI is InChI=1S/C11H15N5O3/c1-5-14-10(12)9-11(15-5)16(4-13-9)8-2-6(18)7(3-17)19-8/h4,6-8,17-18H,2-3H2,1H3,(H2,12,14,15)/t6-,7+,8+/m0/s1. The van der Waals surface area contributed by atoms with E-state index >= 15 is 0 Å². The molecule has 102 valence electrons. The van der Waals surface area contributed by atoms with Gasteiger partial charge in [0.1, 0.15) is 23.7 Å². The number of nitrogens with zero attached hydrogens (tertiary/aromatic N) is 4. The summed E-state index contributed by atoms with van der Waals surface area (Å²) >= 11 is 0. The van der Waals surface area contributed by atoms with Gasteiger partial charge in [-0.25, -0.2) is 15.0 Å². The molecule has 3 rings (SSSR count). The Bertz CT molecular complexity index is 614. The number of imidazole rings is 1. The van der Waals surface area contributed by atoms with E-state index in [1.54, 1.807) is 17.8 Å². The lowest BCUT2D eigenvalue weighted by Crippen LogP contribution is -2.24. The molecule has 0 bridgehead atoms. The van der Waals surface area contributed by atoms with E-state index in [1.807, 2.05) is 0 Å². The Morgan fingerprint density at radius 1 is 1.53 bits per heavy atom. The minimum Gasteiger partial charge on any atom is -0.394 e. The summed E-state index contributed by atoms with van der Waals surface area (Å²) in [6.07, 6.45) is 0.243. The summed E-state index contributed by atoms with van der Waals surface area (Å²) in [6, 6.07) is 0. The van der Waals surface area contributed by atoms with E-state index in [0.29, 0.717) is 29.2 Å². The summed E-state index contributed by atoms with van der Waals surface area (Å²) in [5, 5.41) is 18.9. The Labute approximate surface area is 108 Å². The van der Waals surface area contributed by atoms with Gasteiger partial charge in [0.05, 0.1) is 19.0 Å². The molecule has 1 aliphatic rings. The zero-order valence-corrected chi connectivity index (χ0v) is 10.4. The fraction of sp³-hybridized carbons (Fsp3) is 0.545. The monoisotopic (exact) mass is 265 g/mol. The maximum atomic E-state index is 9.76. The molecule has 1 aliphatic heterocycles. The lowest BCUT2D eigenvalue weighted by Gasteiger charge is -2.13. The van der Waals surface area contributed by atoms with Crippen LogP contribution < -0.4 is 5.73 Å². The number of nitrogens with two attached hydrogens (primary N) is 1. The minimum absolute atomic E-state index is 0.222. The molecule has 0 spiro atoms. The SMILES string of the molecule is Cc1nc(N)c2ncn([C@H]3C[C@H](O)[C@@H](CO)O3)c2n1. The molecule has 2 aromatic heterocycles. The fourth-order valence-electron chi connectivity index (χ4n) is 2.31. The number of nitrogen functional groups attached to an aromatic ring is 1. The van der Waals surface area contributed by atoms with Crippen molar-refractivity contribution in [2.75, 3.05) is 12.3 Å². The highest BCUT2D eigenvalue weighted by Gasteiger charge is 2.35. The summed E-state index contributed by atoms with van der Waals surface area (Å²) in [6.45, 7) is 1.52. The second kappa shape index (κ2) is 4.41. The van der Waals surface area contributed by atoms with Gasteiger partial charge in [-0.1, -0.05) is 0 Å². The third-order valence-electron chi connectivity index (χ3n) is 3.25. The molecule has 0 aromatic carbocycles. The molecule has 1 saturated heterocycles. The second-order valence-corrected chi connectivity index (χ2v) is 4.59. The molecule has 3 heterocycles. The zero-order valence-electron chi connectivity index (χ0n) is 10.4. The predicted octanol–water partition coefficient (Wildman–Crippen LogP) is -0.642. The molecular weight excluding hydrogens is 250 g/mol. The van der Waals surface area contributed by atoms with Crippen molar-refractivity contribution in [3.05, 3.63) is 12.2 Å². The highest BCUT2D eigenvalue weighted by molar-refractivity contribution is 5.81. The van der Waals surface area contributed by atoms with Crippen LogP contribution in [-0.2, 0) is 4.74 Å². The molecule has 2 aromatic rings. The molecule has 0 radical (unpaired) electrons. The molecule has 19 heavy (non-hydrogen) atoms. The smallest absolute Gasteiger partial charge is 0.167 e. The van der Waals surface area contributed by atoms with E-state index in [9.17, 15) is 5.11 Å². The molecular formula is C11H15N5O3. The average molecular weight is 265 g/mol. The van der Waals surface area contributed by atoms with Gasteiger partial charge >= 0.3 is 0 Å². The first-order chi connectivity index (χ1) is 9.10. The summed E-state index contributed by atoms with van der Waals surface area (Å²) in [5.74, 6) is 0.863. The molecule has 1 fully saturated rings. The Balaban J connectivity index is 2.02. The van der Waals surface area contributed by atoms with Crippen LogP contribution in [0.4, 0.5) is 5.82 Å². The van der Waals surface area contributed by atoms with E-state index in [0.717, 1.165) is 0 Å². The highest BCUT2D eigenvalue weighted by Crippen LogP contribution is 2.31. The summed E-state index contributed by atoms with van der Waals surface area (Å²) in [7, 11) is 0. The Morgan fingerprint density at radius 3 is 3.00 bits per heavy atom. The van der Waals surface area contributed by atoms with Crippen molar-refractivity contribution in [2.24, 2.45) is 0 Å². The molecule has 0 unspecified atom stereocenters. The fourth-order valence-corrected chi connectivity index (χ4v) is 2.31. The number of aromatic nitrogens is 4. The number of aliphatic hydroxyl groups is 2. The van der Waals surface area contributed by atoms with Crippen molar-refractivity contribution in [3.8, 4) is 0 Å². The van der Waals surface area contributed by atoms with Crippen molar-refractivity contribution >= 4 is 17.0 Å². The molecule has 3 atom stereocenters. The number of hydrogen-bond acceptors (Lipinski definition) is 7. The van der Waals surface area contributed by atoms with Gasteiger partial charge in [0, 0.05) is 6.42 Å². The van der Waals surface area contributed by atoms with E-state index in [4.69, 9.17) is 15.6 Å². The van der Waals surface area contributed by atoms with Gasteiger partial charge in [-0.3, -0.25) is 4.57 Å². The Morgan fingerprint density at radius 2 is 2.32 bits per heavy atom. The van der Waals surface area contributed by atoms with Crippen LogP contribution in [-0.4, -0.2) is 48.5 Å². The highest BCUT2D eigenvalue weighted by atomic mass is 16.5. The largest absolute Gasteiger partial charge is 0.394 e. The Hall–Kier alpha value is -1.77. The van der Waals surface area contributed by atoms with Gasteiger partial charge in [0.2, 0.25) is 0 Å². The summed E-state index contributed by atoms with van der Waals surface area (Å²) in [4.78, 5) is 12.5. The first-order valence-corrected chi connectivity index (χ1v) is 6.01. The number of fused-ring (bicyclic) bond motifs is 1. The van der Waals surface area contributed by atoms with E-state index in [2.05, 4.69) is 15.0 Å². The van der Waals surface area contributed by atoms with Gasteiger partial charge in [-0.05, 0) is 6.92 Å². The van der Waals surface area contributed by atoms with Gasteiger partial charge < -0.3 is 20.7 Å². The molecule has 0 aliphatic carbocycles.